The number of thiazole rings is 1. The first-order chi connectivity index (χ1) is 23.6. The number of amides is 1. The number of methoxy groups -OCH3 is 1. The van der Waals surface area contributed by atoms with Crippen LogP contribution in [0, 0.1) is 26.7 Å². The molecule has 1 aliphatic carbocycles. The number of carbonyl (C=O) groups is 1. The number of hydrogen-bond acceptors (Lipinski definition) is 8. The molecule has 0 radical (unpaired) electrons. The van der Waals surface area contributed by atoms with Gasteiger partial charge in [-0.1, -0.05) is 0 Å². The Bertz CT molecular complexity index is 2260. The first kappa shape index (κ1) is 31.6. The topological polar surface area (TPSA) is 117 Å². The average molecular weight is 675 g/mol. The van der Waals surface area contributed by atoms with Gasteiger partial charge < -0.3 is 24.5 Å². The molecule has 2 atom stereocenters. The van der Waals surface area contributed by atoms with E-state index in [0.717, 1.165) is 91.1 Å². The predicted octanol–water partition coefficient (Wildman–Crippen LogP) is 7.07. The van der Waals surface area contributed by atoms with Gasteiger partial charge in [0.05, 0.1) is 45.3 Å². The highest BCUT2D eigenvalue weighted by Crippen LogP contribution is 2.41. The van der Waals surface area contributed by atoms with Crippen LogP contribution in [0.25, 0.3) is 55.4 Å². The van der Waals surface area contributed by atoms with Crippen LogP contribution in [0.3, 0.4) is 0 Å². The maximum atomic E-state index is 13.8. The number of aryl methyl sites for hydroxylation is 4. The van der Waals surface area contributed by atoms with Gasteiger partial charge in [-0.25, -0.2) is 15.0 Å². The Morgan fingerprint density at radius 3 is 2.59 bits per heavy atom. The molecule has 1 amide bonds. The van der Waals surface area contributed by atoms with Crippen LogP contribution in [0.2, 0.25) is 0 Å². The van der Waals surface area contributed by atoms with Crippen LogP contribution < -0.4 is 10.5 Å². The monoisotopic (exact) mass is 674 g/mol. The number of pyridine rings is 2. The summed E-state index contributed by atoms with van der Waals surface area (Å²) in [7, 11) is 3.66. The van der Waals surface area contributed by atoms with Crippen molar-refractivity contribution in [1.29, 1.82) is 0 Å². The first-order valence-electron chi connectivity index (χ1n) is 17.1. The fraction of sp³-hybridized carbons (Fsp3) is 0.395. The van der Waals surface area contributed by atoms with Crippen molar-refractivity contribution in [3.8, 4) is 39.1 Å². The van der Waals surface area contributed by atoms with Crippen LogP contribution in [0.4, 0.5) is 0 Å². The lowest BCUT2D eigenvalue weighted by Gasteiger charge is -2.36. The molecule has 2 aliphatic rings. The maximum Gasteiger partial charge on any atom is 0.254 e. The predicted molar refractivity (Wildman–Crippen MR) is 195 cm³/mol. The van der Waals surface area contributed by atoms with E-state index in [9.17, 15) is 4.79 Å². The van der Waals surface area contributed by atoms with Gasteiger partial charge in [-0.05, 0) is 101 Å². The molecule has 0 unspecified atom stereocenters. The molecule has 1 aromatic carbocycles. The summed E-state index contributed by atoms with van der Waals surface area (Å²) in [5.74, 6) is 1.99. The molecule has 8 rings (SSSR count). The molecule has 11 heteroatoms. The van der Waals surface area contributed by atoms with Crippen LogP contribution in [0.1, 0.15) is 59.2 Å². The van der Waals surface area contributed by atoms with Gasteiger partial charge in [-0.15, -0.1) is 11.3 Å². The van der Waals surface area contributed by atoms with Crippen LogP contribution in [0.5, 0.6) is 5.75 Å². The maximum absolute atomic E-state index is 13.8. The number of aromatic nitrogens is 6. The number of imidazole rings is 1. The summed E-state index contributed by atoms with van der Waals surface area (Å²) in [6.07, 6.45) is 6.10. The van der Waals surface area contributed by atoms with Crippen molar-refractivity contribution in [2.75, 3.05) is 13.7 Å². The number of piperidine rings is 1. The Morgan fingerprint density at radius 1 is 1.04 bits per heavy atom. The number of nitrogens with two attached hydrogens (primary N) is 1. The summed E-state index contributed by atoms with van der Waals surface area (Å²) < 4.78 is 10.3. The second kappa shape index (κ2) is 12.1. The third kappa shape index (κ3) is 5.49. The number of fused-ring (bicyclic) bond motifs is 2. The molecule has 0 spiro atoms. The van der Waals surface area contributed by atoms with Crippen LogP contribution >= 0.6 is 11.3 Å². The minimum Gasteiger partial charge on any atom is -0.494 e. The molecule has 252 valence electrons. The van der Waals surface area contributed by atoms with Gasteiger partial charge in [0.1, 0.15) is 16.9 Å². The lowest BCUT2D eigenvalue weighted by molar-refractivity contribution is 0.0612. The normalized spacial score (nSPS) is 18.1. The minimum absolute atomic E-state index is 0.00980. The number of ether oxygens (including phenoxy) is 1. The molecule has 2 fully saturated rings. The standard InChI is InChI=1S/C38H42N8O2S/c1-20-13-14-40-33(35-22(3)41-23(4)49-35)32(20)28-12-10-25-16-30(46(36(25)42-28)18-24-8-9-24)37-43-29-15-26(17-31(48-6)34(29)44(37)5)38(47)45-19-27(39)11-7-21(45)2/h10,12-17,21,24,27H,7-9,11,18-19,39H2,1-6H3/t21-,27+/m0/s1. The molecule has 5 aromatic heterocycles. The van der Waals surface area contributed by atoms with Crippen molar-refractivity contribution in [2.45, 2.75) is 72.0 Å². The van der Waals surface area contributed by atoms with E-state index in [0.29, 0.717) is 23.8 Å². The number of likely N-dealkylation sites (tertiary alicyclic amines) is 1. The Hall–Kier alpha value is -4.61. The van der Waals surface area contributed by atoms with Crippen molar-refractivity contribution in [1.82, 2.24) is 34.0 Å². The van der Waals surface area contributed by atoms with Gasteiger partial charge in [0.2, 0.25) is 0 Å². The van der Waals surface area contributed by atoms with Crippen molar-refractivity contribution in [3.05, 3.63) is 64.4 Å². The zero-order valence-electron chi connectivity index (χ0n) is 28.9. The van der Waals surface area contributed by atoms with Gasteiger partial charge in [0, 0.05) is 54.9 Å². The summed E-state index contributed by atoms with van der Waals surface area (Å²) in [5, 5.41) is 2.08. The first-order valence-corrected chi connectivity index (χ1v) is 17.9. The molecular weight excluding hydrogens is 633 g/mol. The van der Waals surface area contributed by atoms with Gasteiger partial charge >= 0.3 is 0 Å². The van der Waals surface area contributed by atoms with Gasteiger partial charge in [-0.3, -0.25) is 9.78 Å². The van der Waals surface area contributed by atoms with Crippen molar-refractivity contribution in [2.24, 2.45) is 18.7 Å². The lowest BCUT2D eigenvalue weighted by Crippen LogP contribution is -2.50. The van der Waals surface area contributed by atoms with Crippen LogP contribution in [-0.2, 0) is 13.6 Å². The van der Waals surface area contributed by atoms with Gasteiger partial charge in [0.15, 0.2) is 5.82 Å². The summed E-state index contributed by atoms with van der Waals surface area (Å²) >= 11 is 1.67. The summed E-state index contributed by atoms with van der Waals surface area (Å²) in [6, 6.07) is 12.4. The highest BCUT2D eigenvalue weighted by molar-refractivity contribution is 7.15. The molecule has 6 aromatic rings. The summed E-state index contributed by atoms with van der Waals surface area (Å²) in [6.45, 7) is 9.70. The molecule has 1 saturated heterocycles. The molecule has 2 N–H and O–H groups in total. The van der Waals surface area contributed by atoms with Crippen LogP contribution in [-0.4, -0.2) is 65.6 Å². The second-order valence-electron chi connectivity index (χ2n) is 13.9. The fourth-order valence-corrected chi connectivity index (χ4v) is 8.33. The molecule has 1 saturated carbocycles. The molecule has 49 heavy (non-hydrogen) atoms. The van der Waals surface area contributed by atoms with E-state index in [1.165, 1.54) is 12.8 Å². The fourth-order valence-electron chi connectivity index (χ4n) is 7.40. The zero-order valence-corrected chi connectivity index (χ0v) is 29.8. The summed E-state index contributed by atoms with van der Waals surface area (Å²) in [5.41, 5.74) is 15.3. The number of nitrogens with zero attached hydrogens (tertiary/aromatic N) is 7. The second-order valence-corrected chi connectivity index (χ2v) is 15.1. The number of benzene rings is 1. The van der Waals surface area contributed by atoms with E-state index >= 15 is 0 Å². The number of rotatable bonds is 7. The van der Waals surface area contributed by atoms with Crippen molar-refractivity contribution in [3.63, 3.8) is 0 Å². The number of carbonyl (C=O) groups excluding carboxylic acids is 1. The Morgan fingerprint density at radius 2 is 1.86 bits per heavy atom. The van der Waals surface area contributed by atoms with Gasteiger partial charge in [-0.2, -0.15) is 0 Å². The van der Waals surface area contributed by atoms with Gasteiger partial charge in [0.25, 0.3) is 5.91 Å². The third-order valence-electron chi connectivity index (χ3n) is 10.2. The smallest absolute Gasteiger partial charge is 0.254 e. The van der Waals surface area contributed by atoms with E-state index in [1.807, 2.05) is 44.1 Å². The molecule has 1 aliphatic heterocycles. The molecule has 0 bridgehead atoms. The highest BCUT2D eigenvalue weighted by atomic mass is 32.1. The van der Waals surface area contributed by atoms with E-state index < -0.39 is 0 Å². The van der Waals surface area contributed by atoms with Crippen LogP contribution in [0.15, 0.2) is 42.6 Å². The number of hydrogen-bond donors (Lipinski definition) is 1. The van der Waals surface area contributed by atoms with E-state index in [1.54, 1.807) is 18.4 Å². The molecule has 10 nitrogen and oxygen atoms in total. The third-order valence-corrected chi connectivity index (χ3v) is 11.3. The average Bonchev–Trinajstić information content (AvgIpc) is 3.63. The highest BCUT2D eigenvalue weighted by Gasteiger charge is 2.31. The van der Waals surface area contributed by atoms with E-state index in [4.69, 9.17) is 25.4 Å². The molecule has 6 heterocycles. The SMILES string of the molecule is COc1cc(C(=O)N2C[C@H](N)CC[C@@H]2C)cc2nc(-c3cc4ccc(-c5c(C)ccnc5-c5sc(C)nc5C)nc4n3CC3CC3)n(C)c12. The Labute approximate surface area is 290 Å². The quantitative estimate of drug-likeness (QED) is 0.193. The van der Waals surface area contributed by atoms with E-state index in [2.05, 4.69) is 52.2 Å². The van der Waals surface area contributed by atoms with Crippen molar-refractivity contribution < 1.29 is 9.53 Å². The van der Waals surface area contributed by atoms with Crippen molar-refractivity contribution >= 4 is 39.3 Å². The summed E-state index contributed by atoms with van der Waals surface area (Å²) in [4.78, 5) is 36.8. The lowest BCUT2D eigenvalue weighted by atomic mass is 9.99. The zero-order chi connectivity index (χ0) is 34.1. The minimum atomic E-state index is -0.0385. The Balaban J connectivity index is 1.26. The largest absolute Gasteiger partial charge is 0.494 e. The molecular formula is C38H42N8O2S. The van der Waals surface area contributed by atoms with E-state index in [-0.39, 0.29) is 18.0 Å². The Kier molecular flexibility index (Phi) is 7.79.